The molecule has 0 atom stereocenters. The topological polar surface area (TPSA) is 43.6 Å². The van der Waals surface area contributed by atoms with Crippen molar-refractivity contribution in [3.8, 4) is 0 Å². The summed E-state index contributed by atoms with van der Waals surface area (Å²) in [5.74, 6) is 1.46. The molecule has 0 saturated heterocycles. The second kappa shape index (κ2) is 7.68. The Hall–Kier alpha value is -0.840. The smallest absolute Gasteiger partial charge is 0.129 e. The highest BCUT2D eigenvalue weighted by Crippen LogP contribution is 2.19. The van der Waals surface area contributed by atoms with E-state index in [0.29, 0.717) is 25.7 Å². The van der Waals surface area contributed by atoms with Crippen molar-refractivity contribution < 1.29 is 13.9 Å². The van der Waals surface area contributed by atoms with E-state index in [1.54, 1.807) is 0 Å². The van der Waals surface area contributed by atoms with E-state index in [9.17, 15) is 0 Å². The molecule has 0 radical (unpaired) electrons. The molecule has 4 heteroatoms. The first kappa shape index (κ1) is 14.6. The Labute approximate surface area is 115 Å². The molecule has 1 aromatic rings. The molecule has 0 amide bonds. The fourth-order valence-electron chi connectivity index (χ4n) is 1.75. The first-order chi connectivity index (χ1) is 9.24. The molecule has 4 nitrogen and oxygen atoms in total. The van der Waals surface area contributed by atoms with Gasteiger partial charge in [0.2, 0.25) is 0 Å². The minimum atomic E-state index is 0.522. The van der Waals surface area contributed by atoms with E-state index in [2.05, 4.69) is 25.2 Å². The van der Waals surface area contributed by atoms with Crippen LogP contribution in [0.1, 0.15) is 38.0 Å². The van der Waals surface area contributed by atoms with Crippen molar-refractivity contribution in [3.05, 3.63) is 23.7 Å². The molecule has 1 N–H and O–H groups in total. The third-order valence-electron chi connectivity index (χ3n) is 2.95. The SMILES string of the molecule is CC(C)COCCOCc1cc(CNC2CC2)co1. The lowest BCUT2D eigenvalue weighted by Crippen LogP contribution is -2.14. The van der Waals surface area contributed by atoms with Gasteiger partial charge in [-0.05, 0) is 24.8 Å². The van der Waals surface area contributed by atoms with Crippen molar-refractivity contribution in [2.75, 3.05) is 19.8 Å². The van der Waals surface area contributed by atoms with Crippen LogP contribution in [0.5, 0.6) is 0 Å². The predicted molar refractivity (Wildman–Crippen MR) is 73.9 cm³/mol. The summed E-state index contributed by atoms with van der Waals surface area (Å²) < 4.78 is 16.4. The van der Waals surface area contributed by atoms with Gasteiger partial charge >= 0.3 is 0 Å². The molecule has 2 rings (SSSR count). The van der Waals surface area contributed by atoms with Crippen LogP contribution in [0.15, 0.2) is 16.7 Å². The molecule has 1 heterocycles. The first-order valence-corrected chi connectivity index (χ1v) is 7.19. The van der Waals surface area contributed by atoms with Crippen LogP contribution in [-0.2, 0) is 22.6 Å². The third-order valence-corrected chi connectivity index (χ3v) is 2.95. The Morgan fingerprint density at radius 2 is 2.11 bits per heavy atom. The minimum absolute atomic E-state index is 0.522. The maximum Gasteiger partial charge on any atom is 0.129 e. The van der Waals surface area contributed by atoms with Crippen LogP contribution in [0, 0.1) is 5.92 Å². The van der Waals surface area contributed by atoms with E-state index < -0.39 is 0 Å². The minimum Gasteiger partial charge on any atom is -0.467 e. The van der Waals surface area contributed by atoms with Gasteiger partial charge in [0.15, 0.2) is 0 Å². The number of rotatable bonds is 10. The van der Waals surface area contributed by atoms with Crippen LogP contribution in [0.3, 0.4) is 0 Å². The Balaban J connectivity index is 1.52. The van der Waals surface area contributed by atoms with E-state index in [0.717, 1.165) is 25.0 Å². The van der Waals surface area contributed by atoms with Gasteiger partial charge in [0.05, 0.1) is 19.5 Å². The van der Waals surface area contributed by atoms with Crippen molar-refractivity contribution in [2.24, 2.45) is 5.92 Å². The largest absolute Gasteiger partial charge is 0.467 e. The van der Waals surface area contributed by atoms with Crippen molar-refractivity contribution in [1.82, 2.24) is 5.32 Å². The van der Waals surface area contributed by atoms with Crippen molar-refractivity contribution in [3.63, 3.8) is 0 Å². The molecule has 0 spiro atoms. The number of furan rings is 1. The summed E-state index contributed by atoms with van der Waals surface area (Å²) in [6.45, 7) is 7.75. The normalized spacial score (nSPS) is 15.3. The highest BCUT2D eigenvalue weighted by atomic mass is 16.5. The van der Waals surface area contributed by atoms with Crippen LogP contribution in [0.2, 0.25) is 0 Å². The Bertz CT molecular complexity index is 358. The molecule has 0 aromatic carbocycles. The summed E-state index contributed by atoms with van der Waals surface area (Å²) in [7, 11) is 0. The van der Waals surface area contributed by atoms with Crippen LogP contribution in [0.25, 0.3) is 0 Å². The maximum atomic E-state index is 5.51. The van der Waals surface area contributed by atoms with Crippen molar-refractivity contribution >= 4 is 0 Å². The maximum absolute atomic E-state index is 5.51. The summed E-state index contributed by atoms with van der Waals surface area (Å²) in [6.07, 6.45) is 4.43. The molecule has 1 aliphatic rings. The molecule has 1 aromatic heterocycles. The lowest BCUT2D eigenvalue weighted by atomic mass is 10.2. The molecular weight excluding hydrogens is 242 g/mol. The lowest BCUT2D eigenvalue weighted by Gasteiger charge is -2.06. The van der Waals surface area contributed by atoms with E-state index >= 15 is 0 Å². The van der Waals surface area contributed by atoms with Gasteiger partial charge in [-0.2, -0.15) is 0 Å². The van der Waals surface area contributed by atoms with Gasteiger partial charge in [0.25, 0.3) is 0 Å². The molecule has 1 fully saturated rings. The summed E-state index contributed by atoms with van der Waals surface area (Å²) >= 11 is 0. The zero-order chi connectivity index (χ0) is 13.5. The molecule has 1 aliphatic carbocycles. The molecule has 0 aliphatic heterocycles. The van der Waals surface area contributed by atoms with Gasteiger partial charge in [0, 0.05) is 24.8 Å². The Kier molecular flexibility index (Phi) is 5.89. The second-order valence-electron chi connectivity index (χ2n) is 5.60. The number of nitrogens with one attached hydrogen (secondary N) is 1. The van der Waals surface area contributed by atoms with E-state index in [-0.39, 0.29) is 0 Å². The summed E-state index contributed by atoms with van der Waals surface area (Å²) in [5, 5.41) is 3.46. The molecule has 0 bridgehead atoms. The Morgan fingerprint density at radius 1 is 1.32 bits per heavy atom. The molecule has 0 unspecified atom stereocenters. The number of ether oxygens (including phenoxy) is 2. The van der Waals surface area contributed by atoms with Gasteiger partial charge in [0.1, 0.15) is 12.4 Å². The quantitative estimate of drug-likeness (QED) is 0.662. The van der Waals surface area contributed by atoms with Crippen LogP contribution >= 0.6 is 0 Å². The van der Waals surface area contributed by atoms with Gasteiger partial charge in [-0.25, -0.2) is 0 Å². The van der Waals surface area contributed by atoms with Crippen molar-refractivity contribution in [1.29, 1.82) is 0 Å². The number of hydrogen-bond acceptors (Lipinski definition) is 4. The third kappa shape index (κ3) is 6.23. The van der Waals surface area contributed by atoms with Crippen LogP contribution in [-0.4, -0.2) is 25.9 Å². The van der Waals surface area contributed by atoms with E-state index in [1.807, 2.05) is 6.26 Å². The summed E-state index contributed by atoms with van der Waals surface area (Å²) in [4.78, 5) is 0. The van der Waals surface area contributed by atoms with Crippen LogP contribution in [0.4, 0.5) is 0 Å². The lowest BCUT2D eigenvalue weighted by molar-refractivity contribution is 0.0264. The van der Waals surface area contributed by atoms with E-state index in [1.165, 1.54) is 18.4 Å². The molecule has 19 heavy (non-hydrogen) atoms. The van der Waals surface area contributed by atoms with Gasteiger partial charge in [-0.15, -0.1) is 0 Å². The summed E-state index contributed by atoms with van der Waals surface area (Å²) in [6, 6.07) is 2.79. The van der Waals surface area contributed by atoms with Gasteiger partial charge < -0.3 is 19.2 Å². The predicted octanol–water partition coefficient (Wildman–Crippen LogP) is 2.72. The zero-order valence-corrected chi connectivity index (χ0v) is 12.0. The van der Waals surface area contributed by atoms with Gasteiger partial charge in [-0.3, -0.25) is 0 Å². The highest BCUT2D eigenvalue weighted by Gasteiger charge is 2.20. The Morgan fingerprint density at radius 3 is 2.84 bits per heavy atom. The average Bonchev–Trinajstić information content (AvgIpc) is 3.10. The highest BCUT2D eigenvalue weighted by molar-refractivity contribution is 5.12. The zero-order valence-electron chi connectivity index (χ0n) is 12.0. The monoisotopic (exact) mass is 267 g/mol. The fraction of sp³-hybridized carbons (Fsp3) is 0.733. The molecular formula is C15H25NO3. The molecule has 108 valence electrons. The van der Waals surface area contributed by atoms with E-state index in [4.69, 9.17) is 13.9 Å². The second-order valence-corrected chi connectivity index (χ2v) is 5.60. The van der Waals surface area contributed by atoms with Crippen LogP contribution < -0.4 is 5.32 Å². The number of hydrogen-bond donors (Lipinski definition) is 1. The average molecular weight is 267 g/mol. The standard InChI is InChI=1S/C15H25NO3/c1-12(2)9-17-5-6-18-11-15-7-13(10-19-15)8-16-14-3-4-14/h7,10,12,14,16H,3-6,8-9,11H2,1-2H3. The molecule has 1 saturated carbocycles. The van der Waals surface area contributed by atoms with Crippen molar-refractivity contribution in [2.45, 2.75) is 45.9 Å². The van der Waals surface area contributed by atoms with Gasteiger partial charge in [-0.1, -0.05) is 13.8 Å². The first-order valence-electron chi connectivity index (χ1n) is 7.19. The fourth-order valence-corrected chi connectivity index (χ4v) is 1.75. The summed E-state index contributed by atoms with van der Waals surface area (Å²) in [5.41, 5.74) is 1.20.